The van der Waals surface area contributed by atoms with Gasteiger partial charge in [0.1, 0.15) is 24.1 Å². The topological polar surface area (TPSA) is 67.6 Å². The SMILES string of the molecule is CN(C(=O)CO)C(c1nc(-c2cc(F)ccc2F)cn1Cc1ccccc1)C1CCOCC1. The number of carbonyl (C=O) groups excluding carboxylic acids is 1. The summed E-state index contributed by atoms with van der Waals surface area (Å²) in [6, 6.07) is 12.5. The Morgan fingerprint density at radius 1 is 1.21 bits per heavy atom. The second-order valence-electron chi connectivity index (χ2n) is 8.28. The van der Waals surface area contributed by atoms with Crippen LogP contribution in [0, 0.1) is 17.6 Å². The van der Waals surface area contributed by atoms with Crippen molar-refractivity contribution in [2.45, 2.75) is 25.4 Å². The number of hydrogen-bond acceptors (Lipinski definition) is 4. The first kappa shape index (κ1) is 23.1. The van der Waals surface area contributed by atoms with Gasteiger partial charge in [0.05, 0.1) is 11.7 Å². The standard InChI is InChI=1S/C25H27F2N3O3/c1-29(23(32)16-31)24(18-9-11-33-12-10-18)25-28-22(20-13-19(26)7-8-21(20)27)15-30(25)14-17-5-3-2-4-6-17/h2-8,13,15,18,24,31H,9-12,14,16H2,1H3. The quantitative estimate of drug-likeness (QED) is 0.589. The summed E-state index contributed by atoms with van der Waals surface area (Å²) in [7, 11) is 1.64. The zero-order chi connectivity index (χ0) is 23.4. The molecular formula is C25H27F2N3O3. The molecule has 0 aliphatic carbocycles. The summed E-state index contributed by atoms with van der Waals surface area (Å²) < 4.78 is 35.9. The van der Waals surface area contributed by atoms with E-state index in [1.54, 1.807) is 13.2 Å². The van der Waals surface area contributed by atoms with Gasteiger partial charge in [-0.25, -0.2) is 13.8 Å². The average Bonchev–Trinajstić information content (AvgIpc) is 3.24. The lowest BCUT2D eigenvalue weighted by Crippen LogP contribution is -2.40. The molecule has 1 aliphatic heterocycles. The molecule has 3 aromatic rings. The molecule has 0 saturated carbocycles. The molecule has 2 aromatic carbocycles. The largest absolute Gasteiger partial charge is 0.387 e. The van der Waals surface area contributed by atoms with Crippen molar-refractivity contribution in [1.82, 2.24) is 14.5 Å². The van der Waals surface area contributed by atoms with Gasteiger partial charge in [-0.05, 0) is 42.5 Å². The van der Waals surface area contributed by atoms with Crippen molar-refractivity contribution < 1.29 is 23.4 Å². The first-order valence-corrected chi connectivity index (χ1v) is 11.0. The van der Waals surface area contributed by atoms with Gasteiger partial charge in [0.2, 0.25) is 5.91 Å². The van der Waals surface area contributed by atoms with Crippen LogP contribution in [0.5, 0.6) is 0 Å². The molecule has 2 heterocycles. The summed E-state index contributed by atoms with van der Waals surface area (Å²) in [6.45, 7) is 0.947. The van der Waals surface area contributed by atoms with Crippen LogP contribution in [-0.2, 0) is 16.1 Å². The number of benzene rings is 2. The van der Waals surface area contributed by atoms with Crippen molar-refractivity contribution in [2.75, 3.05) is 26.9 Å². The summed E-state index contributed by atoms with van der Waals surface area (Å²) in [5.74, 6) is -0.955. The van der Waals surface area contributed by atoms with Crippen molar-refractivity contribution in [3.8, 4) is 11.3 Å². The van der Waals surface area contributed by atoms with Gasteiger partial charge < -0.3 is 19.3 Å². The molecule has 174 valence electrons. The maximum Gasteiger partial charge on any atom is 0.248 e. The fraction of sp³-hybridized carbons (Fsp3) is 0.360. The summed E-state index contributed by atoms with van der Waals surface area (Å²) in [5.41, 5.74) is 1.36. The lowest BCUT2D eigenvalue weighted by molar-refractivity contribution is -0.137. The number of halogens is 2. The van der Waals surface area contributed by atoms with Crippen LogP contribution in [0.4, 0.5) is 8.78 Å². The molecule has 0 radical (unpaired) electrons. The van der Waals surface area contributed by atoms with Crippen LogP contribution < -0.4 is 0 Å². The lowest BCUT2D eigenvalue weighted by atomic mass is 9.90. The van der Waals surface area contributed by atoms with Gasteiger partial charge in [0.15, 0.2) is 0 Å². The van der Waals surface area contributed by atoms with Gasteiger partial charge in [-0.15, -0.1) is 0 Å². The second-order valence-corrected chi connectivity index (χ2v) is 8.28. The van der Waals surface area contributed by atoms with Crippen LogP contribution in [-0.4, -0.2) is 52.3 Å². The van der Waals surface area contributed by atoms with Crippen LogP contribution in [0.3, 0.4) is 0 Å². The van der Waals surface area contributed by atoms with Crippen LogP contribution >= 0.6 is 0 Å². The van der Waals surface area contributed by atoms with Crippen molar-refractivity contribution in [3.63, 3.8) is 0 Å². The Morgan fingerprint density at radius 3 is 2.64 bits per heavy atom. The summed E-state index contributed by atoms with van der Waals surface area (Å²) in [5, 5.41) is 9.52. The summed E-state index contributed by atoms with van der Waals surface area (Å²) in [4.78, 5) is 18.7. The van der Waals surface area contributed by atoms with E-state index in [0.29, 0.717) is 31.3 Å². The lowest BCUT2D eigenvalue weighted by Gasteiger charge is -2.36. The minimum absolute atomic E-state index is 0.0429. The molecule has 33 heavy (non-hydrogen) atoms. The van der Waals surface area contributed by atoms with Crippen LogP contribution in [0.25, 0.3) is 11.3 Å². The summed E-state index contributed by atoms with van der Waals surface area (Å²) in [6.07, 6.45) is 3.13. The molecule has 1 aliphatic rings. The van der Waals surface area contributed by atoms with Crippen molar-refractivity contribution >= 4 is 5.91 Å². The zero-order valence-electron chi connectivity index (χ0n) is 18.5. The van der Waals surface area contributed by atoms with E-state index in [9.17, 15) is 18.7 Å². The van der Waals surface area contributed by atoms with Gasteiger partial charge in [-0.2, -0.15) is 0 Å². The minimum atomic E-state index is -0.624. The smallest absolute Gasteiger partial charge is 0.248 e. The Hall–Kier alpha value is -3.10. The Kier molecular flexibility index (Phi) is 7.15. The predicted molar refractivity (Wildman–Crippen MR) is 119 cm³/mol. The number of likely N-dealkylation sites (N-methyl/N-ethyl adjacent to an activating group) is 1. The number of nitrogens with zero attached hydrogens (tertiary/aromatic N) is 3. The Balaban J connectivity index is 1.84. The van der Waals surface area contributed by atoms with E-state index < -0.39 is 30.2 Å². The van der Waals surface area contributed by atoms with E-state index in [-0.39, 0.29) is 11.5 Å². The van der Waals surface area contributed by atoms with Gasteiger partial charge in [0.25, 0.3) is 0 Å². The fourth-order valence-electron chi connectivity index (χ4n) is 4.40. The van der Waals surface area contributed by atoms with Gasteiger partial charge in [-0.3, -0.25) is 4.79 Å². The highest BCUT2D eigenvalue weighted by Crippen LogP contribution is 2.36. The van der Waals surface area contributed by atoms with Gasteiger partial charge in [-0.1, -0.05) is 30.3 Å². The third kappa shape index (κ3) is 5.12. The van der Waals surface area contributed by atoms with E-state index in [0.717, 1.165) is 36.6 Å². The Labute approximate surface area is 191 Å². The minimum Gasteiger partial charge on any atom is -0.387 e. The number of aliphatic hydroxyl groups excluding tert-OH is 1. The third-order valence-corrected chi connectivity index (χ3v) is 6.13. The Morgan fingerprint density at radius 2 is 1.94 bits per heavy atom. The molecule has 1 aromatic heterocycles. The van der Waals surface area contributed by atoms with Crippen LogP contribution in [0.2, 0.25) is 0 Å². The molecule has 1 N–H and O–H groups in total. The predicted octanol–water partition coefficient (Wildman–Crippen LogP) is 3.80. The molecular weight excluding hydrogens is 428 g/mol. The van der Waals surface area contributed by atoms with E-state index >= 15 is 0 Å². The summed E-state index contributed by atoms with van der Waals surface area (Å²) >= 11 is 0. The highest BCUT2D eigenvalue weighted by molar-refractivity contribution is 5.77. The van der Waals surface area contributed by atoms with E-state index in [1.165, 1.54) is 4.90 Å². The van der Waals surface area contributed by atoms with Crippen LogP contribution in [0.15, 0.2) is 54.7 Å². The molecule has 0 bridgehead atoms. The number of aliphatic hydroxyl groups is 1. The number of imidazole rings is 1. The van der Waals surface area contributed by atoms with Crippen LogP contribution in [0.1, 0.15) is 30.3 Å². The number of aromatic nitrogens is 2. The molecule has 1 unspecified atom stereocenters. The average molecular weight is 456 g/mol. The molecule has 1 fully saturated rings. The molecule has 1 amide bonds. The maximum absolute atomic E-state index is 14.6. The highest BCUT2D eigenvalue weighted by atomic mass is 19.1. The van der Waals surface area contributed by atoms with Gasteiger partial charge in [0, 0.05) is 38.6 Å². The third-order valence-electron chi connectivity index (χ3n) is 6.13. The first-order chi connectivity index (χ1) is 16.0. The second kappa shape index (κ2) is 10.2. The van der Waals surface area contributed by atoms with Crippen molar-refractivity contribution in [1.29, 1.82) is 0 Å². The maximum atomic E-state index is 14.6. The fourth-order valence-corrected chi connectivity index (χ4v) is 4.40. The molecule has 1 atom stereocenters. The molecule has 1 saturated heterocycles. The van der Waals surface area contributed by atoms with Crippen molar-refractivity contribution in [3.05, 3.63) is 77.8 Å². The van der Waals surface area contributed by atoms with Gasteiger partial charge >= 0.3 is 0 Å². The van der Waals surface area contributed by atoms with E-state index in [4.69, 9.17) is 9.72 Å². The number of carbonyl (C=O) groups is 1. The normalized spacial score (nSPS) is 15.4. The number of amides is 1. The number of rotatable bonds is 7. The Bertz CT molecular complexity index is 1100. The molecule has 6 nitrogen and oxygen atoms in total. The molecule has 4 rings (SSSR count). The zero-order valence-corrected chi connectivity index (χ0v) is 18.5. The highest BCUT2D eigenvalue weighted by Gasteiger charge is 2.35. The van der Waals surface area contributed by atoms with E-state index in [2.05, 4.69) is 0 Å². The van der Waals surface area contributed by atoms with E-state index in [1.807, 2.05) is 34.9 Å². The number of ether oxygens (including phenoxy) is 1. The number of hydrogen-bond donors (Lipinski definition) is 1. The molecule has 0 spiro atoms. The molecule has 8 heteroatoms. The monoisotopic (exact) mass is 455 g/mol. The van der Waals surface area contributed by atoms with Crippen molar-refractivity contribution in [2.24, 2.45) is 5.92 Å². The first-order valence-electron chi connectivity index (χ1n) is 11.0.